The number of carbonyl (C=O) groups is 1. The zero-order chi connectivity index (χ0) is 14.7. The molecule has 0 saturated carbocycles. The molecule has 1 saturated heterocycles. The normalized spacial score (nSPS) is 18.7. The molecule has 3 heterocycles. The highest BCUT2D eigenvalue weighted by Gasteiger charge is 2.22. The summed E-state index contributed by atoms with van der Waals surface area (Å²) >= 11 is 0. The molecule has 0 spiro atoms. The van der Waals surface area contributed by atoms with E-state index in [0.717, 1.165) is 49.4 Å². The molecule has 1 aliphatic rings. The van der Waals surface area contributed by atoms with Gasteiger partial charge in [-0.3, -0.25) is 9.89 Å². The van der Waals surface area contributed by atoms with Crippen LogP contribution in [0.3, 0.4) is 0 Å². The van der Waals surface area contributed by atoms with Crippen molar-refractivity contribution in [3.63, 3.8) is 0 Å². The van der Waals surface area contributed by atoms with Crippen molar-refractivity contribution < 1.29 is 4.79 Å². The molecule has 6 nitrogen and oxygen atoms in total. The first-order valence-corrected chi connectivity index (χ1v) is 7.28. The smallest absolute Gasteiger partial charge is 0.219 e. The lowest BCUT2D eigenvalue weighted by Crippen LogP contribution is -2.39. The topological polar surface area (TPSA) is 74.8 Å². The van der Waals surface area contributed by atoms with Crippen molar-refractivity contribution in [2.24, 2.45) is 5.92 Å². The molecule has 2 aromatic rings. The monoisotopic (exact) mass is 285 g/mol. The minimum atomic E-state index is 0.167. The second-order valence-corrected chi connectivity index (χ2v) is 5.54. The molecular weight excluding hydrogens is 266 g/mol. The summed E-state index contributed by atoms with van der Waals surface area (Å²) in [5.41, 5.74) is 2.77. The molecule has 0 unspecified atom stereocenters. The van der Waals surface area contributed by atoms with Crippen LogP contribution in [0.25, 0.3) is 11.4 Å². The number of aromatic amines is 1. The number of piperidine rings is 1. The van der Waals surface area contributed by atoms with Crippen molar-refractivity contribution in [2.45, 2.75) is 26.2 Å². The van der Waals surface area contributed by atoms with Crippen LogP contribution in [0.2, 0.25) is 0 Å². The number of hydrogen-bond donors (Lipinski definition) is 1. The van der Waals surface area contributed by atoms with Crippen LogP contribution in [0.4, 0.5) is 0 Å². The van der Waals surface area contributed by atoms with E-state index in [-0.39, 0.29) is 5.91 Å². The fraction of sp³-hybridized carbons (Fsp3) is 0.467. The Kier molecular flexibility index (Phi) is 3.94. The predicted molar refractivity (Wildman–Crippen MR) is 78.3 cm³/mol. The Hall–Kier alpha value is -2.24. The molecule has 21 heavy (non-hydrogen) atoms. The molecular formula is C15H19N5O. The Morgan fingerprint density at radius 2 is 2.38 bits per heavy atom. The lowest BCUT2D eigenvalue weighted by atomic mass is 9.93. The van der Waals surface area contributed by atoms with Crippen LogP contribution in [0.5, 0.6) is 0 Å². The summed E-state index contributed by atoms with van der Waals surface area (Å²) in [4.78, 5) is 22.1. The number of nitrogens with zero attached hydrogens (tertiary/aromatic N) is 4. The standard InChI is InChI=1S/C15H19N5O/c1-11(21)20-6-2-3-12(9-20)7-13-8-15(17-10-16-13)14-4-5-18-19-14/h4-5,8,10,12H,2-3,6-7,9H2,1H3,(H,18,19)/t12-/m0/s1. The van der Waals surface area contributed by atoms with Crippen LogP contribution in [-0.2, 0) is 11.2 Å². The fourth-order valence-corrected chi connectivity index (χ4v) is 2.87. The van der Waals surface area contributed by atoms with Gasteiger partial charge in [-0.15, -0.1) is 0 Å². The number of rotatable bonds is 3. The largest absolute Gasteiger partial charge is 0.343 e. The average molecular weight is 285 g/mol. The molecule has 0 radical (unpaired) electrons. The van der Waals surface area contributed by atoms with E-state index in [1.807, 2.05) is 17.0 Å². The van der Waals surface area contributed by atoms with E-state index in [1.54, 1.807) is 19.4 Å². The Morgan fingerprint density at radius 1 is 1.48 bits per heavy atom. The summed E-state index contributed by atoms with van der Waals surface area (Å²) in [6.07, 6.45) is 6.41. The van der Waals surface area contributed by atoms with Gasteiger partial charge in [0.15, 0.2) is 0 Å². The molecule has 110 valence electrons. The van der Waals surface area contributed by atoms with Crippen molar-refractivity contribution in [2.75, 3.05) is 13.1 Å². The van der Waals surface area contributed by atoms with Crippen molar-refractivity contribution in [1.29, 1.82) is 0 Å². The van der Waals surface area contributed by atoms with Crippen molar-refractivity contribution in [3.8, 4) is 11.4 Å². The first kappa shape index (κ1) is 13.7. The van der Waals surface area contributed by atoms with Crippen LogP contribution in [0.15, 0.2) is 24.7 Å². The lowest BCUT2D eigenvalue weighted by molar-refractivity contribution is -0.130. The zero-order valence-corrected chi connectivity index (χ0v) is 12.1. The highest BCUT2D eigenvalue weighted by molar-refractivity contribution is 5.73. The van der Waals surface area contributed by atoms with Crippen molar-refractivity contribution >= 4 is 5.91 Å². The minimum absolute atomic E-state index is 0.167. The van der Waals surface area contributed by atoms with Gasteiger partial charge in [0.1, 0.15) is 6.33 Å². The average Bonchev–Trinajstić information content (AvgIpc) is 3.02. The first-order valence-electron chi connectivity index (χ1n) is 7.28. The van der Waals surface area contributed by atoms with Crippen LogP contribution in [0.1, 0.15) is 25.5 Å². The number of carbonyl (C=O) groups excluding carboxylic acids is 1. The van der Waals surface area contributed by atoms with E-state index in [0.29, 0.717) is 5.92 Å². The number of likely N-dealkylation sites (tertiary alicyclic amines) is 1. The van der Waals surface area contributed by atoms with Crippen LogP contribution in [-0.4, -0.2) is 44.1 Å². The third-order valence-electron chi connectivity index (χ3n) is 3.96. The second-order valence-electron chi connectivity index (χ2n) is 5.54. The maximum atomic E-state index is 11.5. The highest BCUT2D eigenvalue weighted by atomic mass is 16.2. The molecule has 0 bridgehead atoms. The molecule has 1 N–H and O–H groups in total. The van der Waals surface area contributed by atoms with E-state index >= 15 is 0 Å². The highest BCUT2D eigenvalue weighted by Crippen LogP contribution is 2.21. The lowest BCUT2D eigenvalue weighted by Gasteiger charge is -2.31. The summed E-state index contributed by atoms with van der Waals surface area (Å²) in [5.74, 6) is 0.646. The first-order chi connectivity index (χ1) is 10.2. The third kappa shape index (κ3) is 3.26. The predicted octanol–water partition coefficient (Wildman–Crippen LogP) is 1.67. The van der Waals surface area contributed by atoms with Gasteiger partial charge < -0.3 is 4.90 Å². The summed E-state index contributed by atoms with van der Waals surface area (Å²) in [5, 5.41) is 6.86. The maximum Gasteiger partial charge on any atom is 0.219 e. The van der Waals surface area contributed by atoms with Gasteiger partial charge in [-0.05, 0) is 37.3 Å². The Labute approximate surface area is 123 Å². The van der Waals surface area contributed by atoms with Gasteiger partial charge in [-0.25, -0.2) is 9.97 Å². The number of nitrogens with one attached hydrogen (secondary N) is 1. The molecule has 2 aromatic heterocycles. The Balaban J connectivity index is 1.70. The number of H-pyrrole nitrogens is 1. The van der Waals surface area contributed by atoms with E-state index in [1.165, 1.54) is 0 Å². The van der Waals surface area contributed by atoms with Crippen LogP contribution in [0, 0.1) is 5.92 Å². The molecule has 1 atom stereocenters. The molecule has 3 rings (SSSR count). The zero-order valence-electron chi connectivity index (χ0n) is 12.1. The molecule has 1 fully saturated rings. The Morgan fingerprint density at radius 3 is 3.14 bits per heavy atom. The molecule has 6 heteroatoms. The third-order valence-corrected chi connectivity index (χ3v) is 3.96. The summed E-state index contributed by atoms with van der Waals surface area (Å²) in [7, 11) is 0. The molecule has 0 aliphatic carbocycles. The van der Waals surface area contributed by atoms with E-state index < -0.39 is 0 Å². The van der Waals surface area contributed by atoms with Gasteiger partial charge in [0.2, 0.25) is 5.91 Å². The van der Waals surface area contributed by atoms with Gasteiger partial charge in [0, 0.05) is 31.9 Å². The van der Waals surface area contributed by atoms with Crippen molar-refractivity contribution in [3.05, 3.63) is 30.4 Å². The number of hydrogen-bond acceptors (Lipinski definition) is 4. The van der Waals surface area contributed by atoms with E-state index in [4.69, 9.17) is 0 Å². The van der Waals surface area contributed by atoms with E-state index in [2.05, 4.69) is 20.2 Å². The van der Waals surface area contributed by atoms with Crippen molar-refractivity contribution in [1.82, 2.24) is 25.1 Å². The van der Waals surface area contributed by atoms with Gasteiger partial charge in [-0.2, -0.15) is 5.10 Å². The molecule has 1 amide bonds. The van der Waals surface area contributed by atoms with Gasteiger partial charge in [0.05, 0.1) is 11.4 Å². The minimum Gasteiger partial charge on any atom is -0.343 e. The summed E-state index contributed by atoms with van der Waals surface area (Å²) in [6, 6.07) is 3.89. The molecule has 0 aromatic carbocycles. The maximum absolute atomic E-state index is 11.5. The van der Waals surface area contributed by atoms with Gasteiger partial charge in [0.25, 0.3) is 0 Å². The van der Waals surface area contributed by atoms with Gasteiger partial charge >= 0.3 is 0 Å². The quantitative estimate of drug-likeness (QED) is 0.930. The van der Waals surface area contributed by atoms with Crippen LogP contribution >= 0.6 is 0 Å². The van der Waals surface area contributed by atoms with E-state index in [9.17, 15) is 4.79 Å². The SMILES string of the molecule is CC(=O)N1CCC[C@@H](Cc2cc(-c3ccn[nH]3)ncn2)C1. The number of amides is 1. The molecule has 1 aliphatic heterocycles. The number of aromatic nitrogens is 4. The fourth-order valence-electron chi connectivity index (χ4n) is 2.87. The summed E-state index contributed by atoms with van der Waals surface area (Å²) in [6.45, 7) is 3.36. The van der Waals surface area contributed by atoms with Crippen LogP contribution < -0.4 is 0 Å². The Bertz CT molecular complexity index is 610. The second kappa shape index (κ2) is 6.03. The van der Waals surface area contributed by atoms with Gasteiger partial charge in [-0.1, -0.05) is 0 Å². The summed E-state index contributed by atoms with van der Waals surface area (Å²) < 4.78 is 0.